The molecule has 2 nitrogen and oxygen atoms in total. The third-order valence-electron chi connectivity index (χ3n) is 1.42. The standard InChI is InChI=1S/C7H11N2.ClH/c1-4-7-8-5-6-9(7,2)3;/h4-6H,1H2,2-3H3;1H/q+1;/p-1. The van der Waals surface area contributed by atoms with Gasteiger partial charge in [-0.05, 0) is 0 Å². The first kappa shape index (κ1) is 9.40. The highest BCUT2D eigenvalue weighted by molar-refractivity contribution is 5.88. The lowest BCUT2D eigenvalue weighted by molar-refractivity contribution is -0.738. The van der Waals surface area contributed by atoms with Crippen LogP contribution in [0.25, 0.3) is 0 Å². The maximum atomic E-state index is 4.10. The Bertz CT molecular complexity index is 192. The minimum atomic E-state index is 0. The quantitative estimate of drug-likeness (QED) is 0.397. The molecule has 0 fully saturated rings. The van der Waals surface area contributed by atoms with Gasteiger partial charge in [-0.2, -0.15) is 4.99 Å². The molecule has 0 radical (unpaired) electrons. The largest absolute Gasteiger partial charge is 1.00 e. The summed E-state index contributed by atoms with van der Waals surface area (Å²) in [5.41, 5.74) is 0. The minimum Gasteiger partial charge on any atom is -1.00 e. The van der Waals surface area contributed by atoms with E-state index in [-0.39, 0.29) is 12.4 Å². The Hall–Kier alpha value is -0.600. The monoisotopic (exact) mass is 158 g/mol. The van der Waals surface area contributed by atoms with Crippen LogP contribution in [0.15, 0.2) is 30.0 Å². The van der Waals surface area contributed by atoms with Gasteiger partial charge in [0.25, 0.3) is 0 Å². The molecule has 1 rings (SSSR count). The number of amidine groups is 1. The van der Waals surface area contributed by atoms with Crippen LogP contribution in [0.2, 0.25) is 0 Å². The van der Waals surface area contributed by atoms with E-state index in [1.807, 2.05) is 6.20 Å². The molecule has 0 aromatic rings. The van der Waals surface area contributed by atoms with E-state index in [1.165, 1.54) is 0 Å². The number of nitrogens with zero attached hydrogens (tertiary/aromatic N) is 2. The summed E-state index contributed by atoms with van der Waals surface area (Å²) in [5, 5.41) is 0. The Morgan fingerprint density at radius 3 is 2.40 bits per heavy atom. The average molecular weight is 159 g/mol. The molecule has 1 aliphatic rings. The molecule has 0 aliphatic carbocycles. The van der Waals surface area contributed by atoms with Gasteiger partial charge in [0.2, 0.25) is 5.84 Å². The van der Waals surface area contributed by atoms with Crippen molar-refractivity contribution in [2.45, 2.75) is 0 Å². The predicted octanol–water partition coefficient (Wildman–Crippen LogP) is -1.86. The van der Waals surface area contributed by atoms with Gasteiger partial charge in [0.15, 0.2) is 0 Å². The van der Waals surface area contributed by atoms with Gasteiger partial charge in [0.1, 0.15) is 6.20 Å². The minimum absolute atomic E-state index is 0. The third-order valence-corrected chi connectivity index (χ3v) is 1.42. The Balaban J connectivity index is 0.000000810. The summed E-state index contributed by atoms with van der Waals surface area (Å²) in [5.74, 6) is 0.995. The van der Waals surface area contributed by atoms with Crippen molar-refractivity contribution in [3.05, 3.63) is 25.1 Å². The van der Waals surface area contributed by atoms with Crippen LogP contribution in [-0.2, 0) is 0 Å². The first-order valence-corrected chi connectivity index (χ1v) is 2.89. The highest BCUT2D eigenvalue weighted by Crippen LogP contribution is 2.09. The Kier molecular flexibility index (Phi) is 2.81. The molecular weight excluding hydrogens is 148 g/mol. The highest BCUT2D eigenvalue weighted by atomic mass is 35.5. The van der Waals surface area contributed by atoms with Crippen molar-refractivity contribution >= 4 is 5.84 Å². The zero-order valence-electron chi connectivity index (χ0n) is 6.21. The summed E-state index contributed by atoms with van der Waals surface area (Å²) >= 11 is 0. The number of aliphatic imine (C=N–C) groups is 1. The van der Waals surface area contributed by atoms with Crippen LogP contribution in [0.5, 0.6) is 0 Å². The lowest BCUT2D eigenvalue weighted by atomic mass is 10.4. The Morgan fingerprint density at radius 2 is 2.20 bits per heavy atom. The molecule has 10 heavy (non-hydrogen) atoms. The summed E-state index contributed by atoms with van der Waals surface area (Å²) in [4.78, 5) is 4.10. The van der Waals surface area contributed by atoms with E-state index >= 15 is 0 Å². The lowest BCUT2D eigenvalue weighted by Crippen LogP contribution is -3.00. The smallest absolute Gasteiger partial charge is 0.231 e. The fourth-order valence-electron chi connectivity index (χ4n) is 0.790. The second-order valence-electron chi connectivity index (χ2n) is 2.53. The number of halogens is 1. The predicted molar refractivity (Wildman–Crippen MR) is 38.9 cm³/mol. The second kappa shape index (κ2) is 2.99. The molecule has 1 aliphatic heterocycles. The van der Waals surface area contributed by atoms with Gasteiger partial charge in [-0.3, -0.25) is 4.48 Å². The van der Waals surface area contributed by atoms with Crippen LogP contribution >= 0.6 is 0 Å². The van der Waals surface area contributed by atoms with E-state index in [2.05, 4.69) is 25.7 Å². The van der Waals surface area contributed by atoms with E-state index in [1.54, 1.807) is 12.3 Å². The molecule has 0 bridgehead atoms. The summed E-state index contributed by atoms with van der Waals surface area (Å²) in [6.45, 7) is 3.65. The van der Waals surface area contributed by atoms with Gasteiger partial charge in [0, 0.05) is 6.08 Å². The molecule has 56 valence electrons. The number of quaternary nitrogens is 1. The first-order chi connectivity index (χ1) is 4.17. The molecule has 3 heteroatoms. The molecule has 0 amide bonds. The van der Waals surface area contributed by atoms with Gasteiger partial charge >= 0.3 is 0 Å². The summed E-state index contributed by atoms with van der Waals surface area (Å²) in [6, 6.07) is 0. The molecule has 0 N–H and O–H groups in total. The molecule has 0 saturated carbocycles. The number of hydrogen-bond donors (Lipinski definition) is 0. The maximum absolute atomic E-state index is 4.10. The van der Waals surface area contributed by atoms with Gasteiger partial charge in [-0.25, -0.2) is 0 Å². The van der Waals surface area contributed by atoms with Crippen LogP contribution < -0.4 is 12.4 Å². The molecule has 0 aromatic carbocycles. The SMILES string of the molecule is C=CC1=NC=C[N+]1(C)C.[Cl-]. The van der Waals surface area contributed by atoms with E-state index in [9.17, 15) is 0 Å². The fraction of sp³-hybridized carbons (Fsp3) is 0.286. The third kappa shape index (κ3) is 1.46. The van der Waals surface area contributed by atoms with Crippen LogP contribution in [0, 0.1) is 0 Å². The van der Waals surface area contributed by atoms with Crippen LogP contribution in [0.3, 0.4) is 0 Å². The fourth-order valence-corrected chi connectivity index (χ4v) is 0.790. The van der Waals surface area contributed by atoms with Crippen molar-refractivity contribution in [2.24, 2.45) is 4.99 Å². The van der Waals surface area contributed by atoms with Crippen LogP contribution in [0.1, 0.15) is 0 Å². The maximum Gasteiger partial charge on any atom is 0.231 e. The first-order valence-electron chi connectivity index (χ1n) is 2.89. The van der Waals surface area contributed by atoms with Crippen LogP contribution in [-0.4, -0.2) is 24.4 Å². The molecule has 1 heterocycles. The van der Waals surface area contributed by atoms with E-state index < -0.39 is 0 Å². The van der Waals surface area contributed by atoms with E-state index in [0.29, 0.717) is 4.48 Å². The normalized spacial score (nSPS) is 19.6. The van der Waals surface area contributed by atoms with Gasteiger partial charge < -0.3 is 12.4 Å². The van der Waals surface area contributed by atoms with Crippen molar-refractivity contribution in [3.63, 3.8) is 0 Å². The van der Waals surface area contributed by atoms with Gasteiger partial charge in [0.05, 0.1) is 20.3 Å². The second-order valence-corrected chi connectivity index (χ2v) is 2.53. The van der Waals surface area contributed by atoms with Crippen molar-refractivity contribution in [1.82, 2.24) is 0 Å². The molecule has 0 spiro atoms. The Morgan fingerprint density at radius 1 is 1.60 bits per heavy atom. The van der Waals surface area contributed by atoms with Crippen molar-refractivity contribution in [1.29, 1.82) is 0 Å². The van der Waals surface area contributed by atoms with Crippen molar-refractivity contribution in [3.8, 4) is 0 Å². The summed E-state index contributed by atoms with van der Waals surface area (Å²) in [7, 11) is 4.12. The van der Waals surface area contributed by atoms with Crippen molar-refractivity contribution in [2.75, 3.05) is 14.1 Å². The topological polar surface area (TPSA) is 12.4 Å². The molecule has 0 aromatic heterocycles. The summed E-state index contributed by atoms with van der Waals surface area (Å²) < 4.78 is 0.712. The van der Waals surface area contributed by atoms with E-state index in [0.717, 1.165) is 5.84 Å². The zero-order valence-corrected chi connectivity index (χ0v) is 6.97. The lowest BCUT2D eigenvalue weighted by Gasteiger charge is -2.18. The molecular formula is C7H11ClN2. The zero-order chi connectivity index (χ0) is 6.91. The molecule has 0 atom stereocenters. The molecule has 0 saturated heterocycles. The highest BCUT2D eigenvalue weighted by Gasteiger charge is 2.21. The number of hydrogen-bond acceptors (Lipinski definition) is 1. The van der Waals surface area contributed by atoms with E-state index in [4.69, 9.17) is 0 Å². The summed E-state index contributed by atoms with van der Waals surface area (Å²) in [6.07, 6.45) is 5.59. The Labute approximate surface area is 67.6 Å². The van der Waals surface area contributed by atoms with Crippen LogP contribution in [0.4, 0.5) is 0 Å². The number of rotatable bonds is 1. The van der Waals surface area contributed by atoms with Crippen molar-refractivity contribution < 1.29 is 16.9 Å². The van der Waals surface area contributed by atoms with Gasteiger partial charge in [-0.15, -0.1) is 0 Å². The number of likely N-dealkylation sites (N-methyl/N-ethyl adjacent to an activating group) is 1. The van der Waals surface area contributed by atoms with Gasteiger partial charge in [-0.1, -0.05) is 6.58 Å². The molecule has 0 unspecified atom stereocenters. The average Bonchev–Trinajstić information content (AvgIpc) is 2.08.